The monoisotopic (exact) mass is 564 g/mol. The molecule has 0 amide bonds. The van der Waals surface area contributed by atoms with E-state index in [0.29, 0.717) is 26.9 Å². The van der Waals surface area contributed by atoms with Crippen LogP contribution in [-0.2, 0) is 12.7 Å². The Morgan fingerprint density at radius 3 is 2.11 bits per heavy atom. The van der Waals surface area contributed by atoms with Gasteiger partial charge in [-0.15, -0.1) is 0 Å². The van der Waals surface area contributed by atoms with Gasteiger partial charge < -0.3 is 5.11 Å². The highest BCUT2D eigenvalue weighted by Crippen LogP contribution is 2.41. The van der Waals surface area contributed by atoms with Crippen LogP contribution in [0.25, 0.3) is 28.3 Å². The third-order valence-electron chi connectivity index (χ3n) is 5.61. The molecule has 3 aromatic rings. The molecule has 5 rings (SSSR count). The maximum absolute atomic E-state index is 13.2. The fourth-order valence-electron chi connectivity index (χ4n) is 3.82. The van der Waals surface area contributed by atoms with Gasteiger partial charge in [0.15, 0.2) is 17.1 Å². The van der Waals surface area contributed by atoms with Gasteiger partial charge in [-0.25, -0.2) is 9.36 Å². The largest absolute Gasteiger partial charge is 0.504 e. The van der Waals surface area contributed by atoms with Crippen LogP contribution in [0.2, 0.25) is 15.1 Å². The fourth-order valence-corrected chi connectivity index (χ4v) is 4.44. The number of alkyl halides is 3. The molecule has 0 saturated carbocycles. The Hall–Kier alpha value is -3.53. The second-order valence-electron chi connectivity index (χ2n) is 8.06. The van der Waals surface area contributed by atoms with Gasteiger partial charge in [-0.3, -0.25) is 4.79 Å². The molecule has 12 heteroatoms. The van der Waals surface area contributed by atoms with Crippen molar-refractivity contribution >= 4 is 34.8 Å². The summed E-state index contributed by atoms with van der Waals surface area (Å²) in [5.41, 5.74) is -0.287. The summed E-state index contributed by atoms with van der Waals surface area (Å²) in [5.74, 6) is -0.368. The van der Waals surface area contributed by atoms with E-state index in [0.717, 1.165) is 16.8 Å². The molecule has 0 atom stereocenters. The van der Waals surface area contributed by atoms with Gasteiger partial charge >= 0.3 is 6.18 Å². The van der Waals surface area contributed by atoms with E-state index in [-0.39, 0.29) is 34.4 Å². The summed E-state index contributed by atoms with van der Waals surface area (Å²) in [6, 6.07) is 15.6. The SMILES string of the molecule is O=c1c2nn(-c3ccc(Cl)cc3)c(-c3ccc(Cl)cc3Cl)c(O)c-2nn1Cc1ccc(C(F)(F)F)cc1. The minimum absolute atomic E-state index is 0.0943. The number of aromatic hydroxyl groups is 1. The Morgan fingerprint density at radius 1 is 0.838 bits per heavy atom. The Balaban J connectivity index is 1.69. The Bertz CT molecular complexity index is 1650. The first-order chi connectivity index (χ1) is 17.5. The molecule has 2 aliphatic rings. The van der Waals surface area contributed by atoms with Crippen molar-refractivity contribution in [1.82, 2.24) is 19.6 Å². The summed E-state index contributed by atoms with van der Waals surface area (Å²) in [7, 11) is 0. The smallest absolute Gasteiger partial charge is 0.416 e. The number of halogens is 6. The second-order valence-corrected chi connectivity index (χ2v) is 9.34. The van der Waals surface area contributed by atoms with E-state index in [2.05, 4.69) is 10.2 Å². The van der Waals surface area contributed by atoms with Crippen LogP contribution in [0.5, 0.6) is 5.75 Å². The normalized spacial score (nSPS) is 11.8. The van der Waals surface area contributed by atoms with Gasteiger partial charge in [0.25, 0.3) is 5.56 Å². The van der Waals surface area contributed by atoms with Crippen LogP contribution in [0.1, 0.15) is 11.1 Å². The molecule has 0 aromatic heterocycles. The first-order valence-corrected chi connectivity index (χ1v) is 11.8. The summed E-state index contributed by atoms with van der Waals surface area (Å²) >= 11 is 18.5. The summed E-state index contributed by atoms with van der Waals surface area (Å²) in [4.78, 5) is 13.2. The molecule has 6 nitrogen and oxygen atoms in total. The average molecular weight is 566 g/mol. The third kappa shape index (κ3) is 4.77. The quantitative estimate of drug-likeness (QED) is 0.256. The predicted octanol–water partition coefficient (Wildman–Crippen LogP) is 6.93. The Labute approximate surface area is 222 Å². The van der Waals surface area contributed by atoms with Crippen molar-refractivity contribution in [2.45, 2.75) is 12.7 Å². The van der Waals surface area contributed by atoms with Crippen molar-refractivity contribution < 1.29 is 18.3 Å². The Morgan fingerprint density at radius 2 is 1.49 bits per heavy atom. The van der Waals surface area contributed by atoms with Crippen molar-refractivity contribution in [3.63, 3.8) is 0 Å². The lowest BCUT2D eigenvalue weighted by Gasteiger charge is -2.17. The van der Waals surface area contributed by atoms with E-state index >= 15 is 0 Å². The summed E-state index contributed by atoms with van der Waals surface area (Å²) in [5, 5.41) is 21.1. The van der Waals surface area contributed by atoms with Crippen LogP contribution in [-0.4, -0.2) is 24.7 Å². The lowest BCUT2D eigenvalue weighted by molar-refractivity contribution is -0.137. The highest BCUT2D eigenvalue weighted by atomic mass is 35.5. The zero-order valence-corrected chi connectivity index (χ0v) is 20.7. The van der Waals surface area contributed by atoms with Crippen LogP contribution in [0.15, 0.2) is 71.5 Å². The first kappa shape index (κ1) is 25.1. The van der Waals surface area contributed by atoms with Gasteiger partial charge in [0.2, 0.25) is 0 Å². The number of nitrogens with zero attached hydrogens (tertiary/aromatic N) is 4. The summed E-state index contributed by atoms with van der Waals surface area (Å²) < 4.78 is 41.0. The molecule has 0 aliphatic carbocycles. The van der Waals surface area contributed by atoms with Crippen molar-refractivity contribution in [2.24, 2.45) is 0 Å². The van der Waals surface area contributed by atoms with Crippen molar-refractivity contribution in [3.05, 3.63) is 103 Å². The number of fused-ring (bicyclic) bond motifs is 1. The number of benzene rings is 3. The zero-order chi connectivity index (χ0) is 26.5. The topological polar surface area (TPSA) is 72.9 Å². The van der Waals surface area contributed by atoms with Crippen molar-refractivity contribution in [2.75, 3.05) is 0 Å². The first-order valence-electron chi connectivity index (χ1n) is 10.6. The minimum atomic E-state index is -4.48. The minimum Gasteiger partial charge on any atom is -0.504 e. The standard InChI is InChI=1S/C25H14Cl3F3N4O2/c26-15-5-8-17(9-6-15)35-22(18-10-7-16(27)11-19(18)28)23(36)20-21(33-35)24(37)34(32-20)12-13-1-3-14(4-2-13)25(29,30)31/h1-11,36H,12H2. The predicted molar refractivity (Wildman–Crippen MR) is 135 cm³/mol. The molecule has 2 heterocycles. The lowest BCUT2D eigenvalue weighted by Crippen LogP contribution is -2.19. The van der Waals surface area contributed by atoms with E-state index in [1.807, 2.05) is 0 Å². The molecule has 188 valence electrons. The number of hydrogen-bond donors (Lipinski definition) is 1. The maximum atomic E-state index is 13.2. The molecule has 0 radical (unpaired) electrons. The summed E-state index contributed by atoms with van der Waals surface area (Å²) in [6.07, 6.45) is -4.48. The number of rotatable bonds is 4. The molecule has 0 fully saturated rings. The van der Waals surface area contributed by atoms with Crippen molar-refractivity contribution in [3.8, 4) is 34.1 Å². The number of hydrogen-bond acceptors (Lipinski definition) is 4. The third-order valence-corrected chi connectivity index (χ3v) is 6.41. The van der Waals surface area contributed by atoms with E-state index in [1.165, 1.54) is 22.9 Å². The molecule has 0 saturated heterocycles. The van der Waals surface area contributed by atoms with Gasteiger partial charge in [-0.2, -0.15) is 23.4 Å². The molecule has 2 aliphatic heterocycles. The number of aromatic nitrogens is 4. The highest BCUT2D eigenvalue weighted by molar-refractivity contribution is 6.36. The van der Waals surface area contributed by atoms with E-state index in [9.17, 15) is 23.1 Å². The fraction of sp³-hybridized carbons (Fsp3) is 0.0800. The van der Waals surface area contributed by atoms with Gasteiger partial charge in [-0.05, 0) is 60.2 Å². The van der Waals surface area contributed by atoms with Crippen LogP contribution in [0, 0.1) is 0 Å². The van der Waals surface area contributed by atoms with Gasteiger partial charge in [-0.1, -0.05) is 46.9 Å². The molecule has 0 spiro atoms. The van der Waals surface area contributed by atoms with Crippen LogP contribution in [0.3, 0.4) is 0 Å². The van der Waals surface area contributed by atoms with Crippen molar-refractivity contribution in [1.29, 1.82) is 0 Å². The van der Waals surface area contributed by atoms with E-state index in [1.54, 1.807) is 36.4 Å². The second kappa shape index (κ2) is 9.41. The molecule has 0 unspecified atom stereocenters. The molecular formula is C25H14Cl3F3N4O2. The lowest BCUT2D eigenvalue weighted by atomic mass is 10.1. The molecule has 0 bridgehead atoms. The maximum Gasteiger partial charge on any atom is 0.416 e. The zero-order valence-electron chi connectivity index (χ0n) is 18.5. The molecule has 3 aromatic carbocycles. The Kier molecular flexibility index (Phi) is 6.39. The average Bonchev–Trinajstić information content (AvgIpc) is 3.15. The molecular weight excluding hydrogens is 552 g/mol. The molecule has 37 heavy (non-hydrogen) atoms. The van der Waals surface area contributed by atoms with Crippen LogP contribution in [0.4, 0.5) is 13.2 Å². The van der Waals surface area contributed by atoms with Gasteiger partial charge in [0, 0.05) is 15.6 Å². The summed E-state index contributed by atoms with van der Waals surface area (Å²) in [6.45, 7) is -0.134. The van der Waals surface area contributed by atoms with E-state index < -0.39 is 17.3 Å². The van der Waals surface area contributed by atoms with Crippen LogP contribution >= 0.6 is 34.8 Å². The van der Waals surface area contributed by atoms with E-state index in [4.69, 9.17) is 34.8 Å². The van der Waals surface area contributed by atoms with Gasteiger partial charge in [0.05, 0.1) is 22.8 Å². The highest BCUT2D eigenvalue weighted by Gasteiger charge is 2.31. The van der Waals surface area contributed by atoms with Crippen LogP contribution < -0.4 is 5.56 Å². The molecule has 1 N–H and O–H groups in total. The van der Waals surface area contributed by atoms with Gasteiger partial charge in [0.1, 0.15) is 5.69 Å².